The fraction of sp³-hybridized carbons (Fsp3) is 0.222. The van der Waals surface area contributed by atoms with Crippen molar-refractivity contribution in [3.63, 3.8) is 0 Å². The summed E-state index contributed by atoms with van der Waals surface area (Å²) in [6.07, 6.45) is 0. The van der Waals surface area contributed by atoms with Gasteiger partial charge in [-0.15, -0.1) is 0 Å². The Hall–Kier alpha value is -6.14. The zero-order chi connectivity index (χ0) is 48.3. The van der Waals surface area contributed by atoms with Crippen molar-refractivity contribution < 1.29 is 94.4 Å². The number of aromatic hydroxyl groups is 5. The molecule has 0 amide bonds. The molecule has 18 nitrogen and oxygen atoms in total. The minimum atomic E-state index is -1.11. The first-order valence-corrected chi connectivity index (χ1v) is 18.5. The number of carbonyl (C=O) groups excluding carboxylic acids is 1. The molecule has 0 radical (unpaired) electrons. The summed E-state index contributed by atoms with van der Waals surface area (Å²) in [5.74, 6) is -5.77. The number of carboxylic acid groups (broad SMARTS) is 4. The van der Waals surface area contributed by atoms with E-state index in [1.165, 1.54) is 54.6 Å². The Labute approximate surface area is 414 Å². The first kappa shape index (κ1) is 63.2. The topological polar surface area (TPSA) is 297 Å². The summed E-state index contributed by atoms with van der Waals surface area (Å²) in [5, 5.41) is 87.0. The van der Waals surface area contributed by atoms with Crippen LogP contribution < -0.4 is 0 Å². The molecule has 5 aromatic carbocycles. The second-order valence-corrected chi connectivity index (χ2v) is 14.7. The number of likely N-dealkylation sites (N-methyl/N-ethyl adjacent to an activating group) is 2. The van der Waals surface area contributed by atoms with E-state index in [0.29, 0.717) is 6.61 Å². The van der Waals surface area contributed by atoms with Crippen molar-refractivity contribution in [2.75, 3.05) is 68.6 Å². The van der Waals surface area contributed by atoms with Gasteiger partial charge >= 0.3 is 76.0 Å². The summed E-state index contributed by atoms with van der Waals surface area (Å²) >= 11 is 0. The van der Waals surface area contributed by atoms with E-state index >= 15 is 0 Å². The molecular formula is C45H60Mg2N2O16+2. The number of phenolic OH excluding ortho intramolecular Hbond substituents is 1. The molecule has 0 spiro atoms. The van der Waals surface area contributed by atoms with Gasteiger partial charge in [0.1, 0.15) is 76.3 Å². The first-order chi connectivity index (χ1) is 29.3. The number of rotatable bonds is 10. The average Bonchev–Trinajstić information content (AvgIpc) is 3.19. The van der Waals surface area contributed by atoms with Crippen molar-refractivity contribution in [1.82, 2.24) is 0 Å². The number of aromatic carboxylic acids is 4. The molecule has 0 aliphatic heterocycles. The van der Waals surface area contributed by atoms with Crippen LogP contribution in [0.2, 0.25) is 0 Å². The van der Waals surface area contributed by atoms with Crippen LogP contribution in [0, 0.1) is 0 Å². The minimum Gasteiger partial charge on any atom is -1.00 e. The number of phenols is 5. The number of aliphatic hydroxyl groups is 1. The molecule has 0 aromatic heterocycles. The Kier molecular flexibility index (Phi) is 31.6. The van der Waals surface area contributed by atoms with Crippen LogP contribution >= 0.6 is 0 Å². The van der Waals surface area contributed by atoms with Crippen LogP contribution in [-0.4, -0.2) is 205 Å². The second kappa shape index (κ2) is 32.5. The van der Waals surface area contributed by atoms with Gasteiger partial charge in [0.25, 0.3) is 0 Å². The van der Waals surface area contributed by atoms with E-state index in [-0.39, 0.29) is 115 Å². The third kappa shape index (κ3) is 28.3. The molecule has 10 N–H and O–H groups in total. The number of hydrogen-bond donors (Lipinski definition) is 10. The number of benzene rings is 5. The van der Waals surface area contributed by atoms with Crippen LogP contribution in [0.25, 0.3) is 0 Å². The van der Waals surface area contributed by atoms with Gasteiger partial charge in [0, 0.05) is 0 Å². The molecule has 5 rings (SSSR count). The third-order valence-corrected chi connectivity index (χ3v) is 7.43. The number of aliphatic hydroxyl groups excluding tert-OH is 1. The second-order valence-electron chi connectivity index (χ2n) is 14.7. The summed E-state index contributed by atoms with van der Waals surface area (Å²) in [7, 11) is 12.2. The fourth-order valence-corrected chi connectivity index (χ4v) is 4.05. The number of hydrogen-bond acceptors (Lipinski definition) is 12. The van der Waals surface area contributed by atoms with Gasteiger partial charge in [-0.05, 0) is 60.7 Å². The largest absolute Gasteiger partial charge is 2.00 e. The molecule has 0 heterocycles. The van der Waals surface area contributed by atoms with Gasteiger partial charge in [0.15, 0.2) is 0 Å². The van der Waals surface area contributed by atoms with Gasteiger partial charge in [-0.1, -0.05) is 60.7 Å². The molecule has 65 heavy (non-hydrogen) atoms. The third-order valence-electron chi connectivity index (χ3n) is 7.43. The van der Waals surface area contributed by atoms with Gasteiger partial charge in [0.05, 0.1) is 48.9 Å². The average molecular weight is 934 g/mol. The Bertz CT molecular complexity index is 2030. The Morgan fingerprint density at radius 3 is 0.785 bits per heavy atom. The van der Waals surface area contributed by atoms with Crippen LogP contribution in [0.1, 0.15) is 57.5 Å². The minimum absolute atomic E-state index is 0. The molecule has 0 aliphatic carbocycles. The quantitative estimate of drug-likeness (QED) is 0.0501. The van der Waals surface area contributed by atoms with Gasteiger partial charge in [0.2, 0.25) is 0 Å². The number of carbonyl (C=O) groups is 5. The summed E-state index contributed by atoms with van der Waals surface area (Å²) in [6.45, 7) is 2.19. The van der Waals surface area contributed by atoms with Crippen LogP contribution in [0.3, 0.4) is 0 Å². The number of ether oxygens (including phenoxy) is 1. The van der Waals surface area contributed by atoms with Crippen molar-refractivity contribution in [1.29, 1.82) is 0 Å². The van der Waals surface area contributed by atoms with Gasteiger partial charge in [-0.25, -0.2) is 24.0 Å². The summed E-state index contributed by atoms with van der Waals surface area (Å²) < 4.78 is 6.64. The maximum Gasteiger partial charge on any atom is 2.00 e. The van der Waals surface area contributed by atoms with E-state index < -0.39 is 29.8 Å². The van der Waals surface area contributed by atoms with Crippen molar-refractivity contribution in [3.05, 3.63) is 149 Å². The fourth-order valence-electron chi connectivity index (χ4n) is 4.05. The molecule has 0 saturated carbocycles. The number of nitrogens with zero attached hydrogens (tertiary/aromatic N) is 2. The molecule has 20 heteroatoms. The Morgan fingerprint density at radius 2 is 0.631 bits per heavy atom. The molecule has 0 fully saturated rings. The monoisotopic (exact) mass is 932 g/mol. The molecule has 348 valence electrons. The van der Waals surface area contributed by atoms with Crippen molar-refractivity contribution in [2.24, 2.45) is 0 Å². The van der Waals surface area contributed by atoms with E-state index in [4.69, 9.17) is 50.7 Å². The standard InChI is InChI=1S/C12H17NO3.4C7H6O3.C5H14NO.2Mg.4H/c1-13(2,3)8-9-16-12(15)10-6-4-5-7-11(10)14;4*8-6-4-2-1-3-5(6)7(9)10;1-6(2,3)4-5-7;;;;;;/h4-7H,8-9H2,1-3H3;4*1-4,8H,(H,9,10);7H,4-5H2,1-3H3;;;;;;/q;;;;;+1;2*+2;4*-1/p+1. The van der Waals surface area contributed by atoms with Crippen molar-refractivity contribution in [2.45, 2.75) is 0 Å². The summed E-state index contributed by atoms with van der Waals surface area (Å²) in [4.78, 5) is 52.6. The first-order valence-electron chi connectivity index (χ1n) is 18.5. The van der Waals surface area contributed by atoms with Gasteiger partial charge in [-0.3, -0.25) is 0 Å². The number of quaternary nitrogens is 2. The molecule has 5 aromatic rings. The zero-order valence-electron chi connectivity index (χ0n) is 41.1. The van der Waals surface area contributed by atoms with Crippen LogP contribution in [0.5, 0.6) is 28.7 Å². The van der Waals surface area contributed by atoms with E-state index in [9.17, 15) is 29.1 Å². The predicted molar refractivity (Wildman–Crippen MR) is 247 cm³/mol. The molecule has 0 unspecified atom stereocenters. The molecular weight excluding hydrogens is 873 g/mol. The zero-order valence-corrected chi connectivity index (χ0v) is 39.9. The maximum absolute atomic E-state index is 11.6. The van der Waals surface area contributed by atoms with Crippen LogP contribution in [0.15, 0.2) is 121 Å². The van der Waals surface area contributed by atoms with Crippen LogP contribution in [0.4, 0.5) is 0 Å². The Balaban J connectivity index is -0.000000134. The normalized spacial score (nSPS) is 9.71. The summed E-state index contributed by atoms with van der Waals surface area (Å²) in [6, 6.07) is 29.6. The molecule has 0 saturated heterocycles. The molecule has 0 aliphatic rings. The SMILES string of the molecule is C[N+](C)(C)CCO.C[N+](C)(C)CCOC(=O)c1ccccc1O.O=C(O)c1ccccc1O.O=C(O)c1ccccc1O.O=C(O)c1ccccc1O.O=C(O)c1ccccc1O.[H-].[H-].[H-].[H-].[Mg+2].[Mg+2]. The molecule has 0 atom stereocenters. The van der Waals surface area contributed by atoms with E-state index in [2.05, 4.69) is 21.1 Å². The van der Waals surface area contributed by atoms with Crippen molar-refractivity contribution in [3.8, 4) is 28.7 Å². The molecule has 0 bridgehead atoms. The van der Waals surface area contributed by atoms with E-state index in [1.807, 2.05) is 21.1 Å². The van der Waals surface area contributed by atoms with E-state index in [1.54, 1.807) is 66.7 Å². The van der Waals surface area contributed by atoms with Gasteiger partial charge in [-0.2, -0.15) is 0 Å². The maximum atomic E-state index is 11.6. The Morgan fingerprint density at radius 1 is 0.415 bits per heavy atom. The number of para-hydroxylation sites is 5. The van der Waals surface area contributed by atoms with Crippen molar-refractivity contribution >= 4 is 76.0 Å². The van der Waals surface area contributed by atoms with Crippen LogP contribution in [-0.2, 0) is 4.74 Å². The number of esters is 1. The van der Waals surface area contributed by atoms with Gasteiger partial charge < -0.3 is 70.5 Å². The number of carboxylic acids is 4. The van der Waals surface area contributed by atoms with E-state index in [0.717, 1.165) is 22.1 Å². The predicted octanol–water partition coefficient (Wildman–Crippen LogP) is 4.99. The summed E-state index contributed by atoms with van der Waals surface area (Å²) in [5.41, 5.74) is -0.0566. The smallest absolute Gasteiger partial charge is 1.00 e.